The maximum absolute atomic E-state index is 9.79. The molecular weight excluding hydrogens is 160 g/mol. The van der Waals surface area contributed by atoms with Gasteiger partial charge < -0.3 is 4.80 Å². The Labute approximate surface area is 58.2 Å². The molecule has 4 nitrogen and oxygen atoms in total. The first-order chi connectivity index (χ1) is 4.06. The van der Waals surface area contributed by atoms with Gasteiger partial charge in [-0.25, -0.2) is 0 Å². The van der Waals surface area contributed by atoms with E-state index in [1.54, 1.807) is 6.92 Å². The average molecular weight is 172 g/mol. The summed E-state index contributed by atoms with van der Waals surface area (Å²) in [7, 11) is -3.37. The zero-order valence-corrected chi connectivity index (χ0v) is 8.35. The van der Waals surface area contributed by atoms with Gasteiger partial charge in [-0.15, -0.1) is 0 Å². The first-order valence-corrected chi connectivity index (χ1v) is 4.96. The van der Waals surface area contributed by atoms with Gasteiger partial charge in [0, 0.05) is 0 Å². The largest absolute Gasteiger partial charge is 0.442 e. The van der Waals surface area contributed by atoms with Crippen molar-refractivity contribution in [2.45, 2.75) is 13.3 Å². The van der Waals surface area contributed by atoms with Crippen molar-refractivity contribution < 1.29 is 17.8 Å². The first-order valence-electron chi connectivity index (χ1n) is 2.46. The monoisotopic (exact) mass is 172 g/mol. The summed E-state index contributed by atoms with van der Waals surface area (Å²) in [4.78, 5) is 7.14. The van der Waals surface area contributed by atoms with Gasteiger partial charge in [-0.1, -0.05) is 6.92 Å². The highest BCUT2D eigenvalue weighted by molar-refractivity contribution is 7.85. The SMILES string of the molecule is CCCS(=O)(=O)O.O[SiH3]. The third kappa shape index (κ3) is 17.9. The number of rotatable bonds is 2. The molecule has 0 saturated carbocycles. The Kier molecular flexibility index (Phi) is 8.16. The Morgan fingerprint density at radius 1 is 1.44 bits per heavy atom. The molecule has 0 saturated heterocycles. The molecule has 6 heteroatoms. The van der Waals surface area contributed by atoms with Gasteiger partial charge >= 0.3 is 0 Å². The van der Waals surface area contributed by atoms with Gasteiger partial charge in [-0.3, -0.25) is 4.55 Å². The molecular formula is C3H12O4SSi. The van der Waals surface area contributed by atoms with Crippen molar-refractivity contribution in [3.05, 3.63) is 0 Å². The van der Waals surface area contributed by atoms with Crippen LogP contribution in [0.5, 0.6) is 0 Å². The minimum Gasteiger partial charge on any atom is -0.442 e. The van der Waals surface area contributed by atoms with E-state index in [2.05, 4.69) is 0 Å². The van der Waals surface area contributed by atoms with Gasteiger partial charge in [0.25, 0.3) is 10.1 Å². The highest BCUT2D eigenvalue weighted by atomic mass is 32.2. The van der Waals surface area contributed by atoms with E-state index >= 15 is 0 Å². The smallest absolute Gasteiger partial charge is 0.264 e. The van der Waals surface area contributed by atoms with Crippen molar-refractivity contribution in [3.8, 4) is 0 Å². The Hall–Kier alpha value is 0.0869. The van der Waals surface area contributed by atoms with Crippen LogP contribution in [0.15, 0.2) is 0 Å². The summed E-state index contributed by atoms with van der Waals surface area (Å²) in [5.41, 5.74) is 0. The quantitative estimate of drug-likeness (QED) is 0.394. The molecule has 0 aliphatic heterocycles. The lowest BCUT2D eigenvalue weighted by atomic mass is 10.6. The van der Waals surface area contributed by atoms with Gasteiger partial charge in [-0.05, 0) is 6.42 Å². The highest BCUT2D eigenvalue weighted by Gasteiger charge is 1.98. The van der Waals surface area contributed by atoms with Crippen molar-refractivity contribution in [2.24, 2.45) is 0 Å². The van der Waals surface area contributed by atoms with Gasteiger partial charge in [-0.2, -0.15) is 8.42 Å². The standard InChI is InChI=1S/C3H8O3S.H4OSi/c1-2-3-7(4,5)6;1-2/h2-3H2,1H3,(H,4,5,6);1H,2H3. The molecule has 0 aliphatic carbocycles. The second-order valence-electron chi connectivity index (χ2n) is 1.29. The molecule has 0 aromatic heterocycles. The topological polar surface area (TPSA) is 74.6 Å². The van der Waals surface area contributed by atoms with Crippen LogP contribution in [0.25, 0.3) is 0 Å². The molecule has 0 heterocycles. The molecule has 0 aromatic rings. The maximum atomic E-state index is 9.79. The predicted octanol–water partition coefficient (Wildman–Crippen LogP) is -1.46. The lowest BCUT2D eigenvalue weighted by Gasteiger charge is -1.85. The second kappa shape index (κ2) is 6.21. The van der Waals surface area contributed by atoms with Crippen LogP contribution in [0.1, 0.15) is 13.3 Å². The van der Waals surface area contributed by atoms with Crippen LogP contribution in [0, 0.1) is 0 Å². The maximum Gasteiger partial charge on any atom is 0.264 e. The second-order valence-corrected chi connectivity index (χ2v) is 2.86. The van der Waals surface area contributed by atoms with Crippen molar-refractivity contribution in [1.29, 1.82) is 0 Å². The van der Waals surface area contributed by atoms with Crippen LogP contribution in [-0.2, 0) is 10.1 Å². The van der Waals surface area contributed by atoms with Crippen molar-refractivity contribution in [3.63, 3.8) is 0 Å². The van der Waals surface area contributed by atoms with Crippen LogP contribution in [-0.4, -0.2) is 34.0 Å². The molecule has 0 rings (SSSR count). The highest BCUT2D eigenvalue weighted by Crippen LogP contribution is 1.83. The Bertz CT molecular complexity index is 129. The van der Waals surface area contributed by atoms with E-state index in [9.17, 15) is 8.42 Å². The van der Waals surface area contributed by atoms with Gasteiger partial charge in [0.2, 0.25) is 0 Å². The molecule has 0 amide bonds. The minimum absolute atomic E-state index is 0.132. The molecule has 58 valence electrons. The van der Waals surface area contributed by atoms with E-state index in [1.807, 2.05) is 0 Å². The normalized spacial score (nSPS) is 10.1. The third-order valence-corrected chi connectivity index (χ3v) is 1.39. The molecule has 0 fully saturated rings. The van der Waals surface area contributed by atoms with Gasteiger partial charge in [0.05, 0.1) is 5.75 Å². The summed E-state index contributed by atoms with van der Waals surface area (Å²) in [5.74, 6) is -0.132. The molecule has 2 N–H and O–H groups in total. The molecule has 0 atom stereocenters. The van der Waals surface area contributed by atoms with Crippen LogP contribution in [0.2, 0.25) is 0 Å². The number of hydrogen-bond acceptors (Lipinski definition) is 3. The van der Waals surface area contributed by atoms with Crippen molar-refractivity contribution >= 4 is 20.6 Å². The lowest BCUT2D eigenvalue weighted by Crippen LogP contribution is -2.01. The van der Waals surface area contributed by atoms with Crippen LogP contribution in [0.4, 0.5) is 0 Å². The fourth-order valence-electron chi connectivity index (χ4n) is 0.258. The van der Waals surface area contributed by atoms with E-state index in [1.165, 1.54) is 0 Å². The van der Waals surface area contributed by atoms with E-state index in [-0.39, 0.29) is 5.75 Å². The summed E-state index contributed by atoms with van der Waals surface area (Å²) in [6.45, 7) is 1.69. The van der Waals surface area contributed by atoms with E-state index in [0.29, 0.717) is 16.9 Å². The zero-order valence-electron chi connectivity index (χ0n) is 5.53. The molecule has 9 heavy (non-hydrogen) atoms. The van der Waals surface area contributed by atoms with Crippen LogP contribution < -0.4 is 0 Å². The van der Waals surface area contributed by atoms with Gasteiger partial charge in [0.1, 0.15) is 10.5 Å². The van der Waals surface area contributed by atoms with Crippen LogP contribution >= 0.6 is 0 Å². The predicted molar refractivity (Wildman–Crippen MR) is 38.9 cm³/mol. The molecule has 0 spiro atoms. The lowest BCUT2D eigenvalue weighted by molar-refractivity contribution is 0.482. The summed E-state index contributed by atoms with van der Waals surface area (Å²) >= 11 is 0. The molecule has 0 aliphatic rings. The molecule has 0 bridgehead atoms. The summed E-state index contributed by atoms with van der Waals surface area (Å²) in [6.07, 6.45) is 0.471. The third-order valence-electron chi connectivity index (χ3n) is 0.462. The Morgan fingerprint density at radius 2 is 1.78 bits per heavy atom. The average Bonchev–Trinajstić information content (AvgIpc) is 1.69. The van der Waals surface area contributed by atoms with Crippen LogP contribution in [0.3, 0.4) is 0 Å². The molecule has 0 aromatic carbocycles. The molecule has 0 unspecified atom stereocenters. The van der Waals surface area contributed by atoms with E-state index in [4.69, 9.17) is 9.35 Å². The Balaban J connectivity index is 0. The summed E-state index contributed by atoms with van der Waals surface area (Å²) in [6, 6.07) is 0. The zero-order chi connectivity index (χ0) is 7.91. The summed E-state index contributed by atoms with van der Waals surface area (Å²) in [5, 5.41) is 0. The molecule has 0 radical (unpaired) electrons. The van der Waals surface area contributed by atoms with Crippen molar-refractivity contribution in [2.75, 3.05) is 5.75 Å². The van der Waals surface area contributed by atoms with Gasteiger partial charge in [0.15, 0.2) is 0 Å². The first kappa shape index (κ1) is 11.8. The Morgan fingerprint density at radius 3 is 1.78 bits per heavy atom. The summed E-state index contributed by atoms with van der Waals surface area (Å²) < 4.78 is 27.6. The minimum atomic E-state index is -3.67. The fourth-order valence-corrected chi connectivity index (χ4v) is 0.774. The number of hydrogen-bond donors (Lipinski definition) is 2. The van der Waals surface area contributed by atoms with E-state index in [0.717, 1.165) is 0 Å². The van der Waals surface area contributed by atoms with E-state index < -0.39 is 10.1 Å². The van der Waals surface area contributed by atoms with Crippen molar-refractivity contribution in [1.82, 2.24) is 0 Å². The fraction of sp³-hybridized carbons (Fsp3) is 1.00.